The van der Waals surface area contributed by atoms with Crippen LogP contribution >= 0.6 is 23.2 Å². The smallest absolute Gasteiger partial charge is 0.433 e. The zero-order chi connectivity index (χ0) is 70.0. The van der Waals surface area contributed by atoms with E-state index in [2.05, 4.69) is 133 Å². The molecule has 0 aliphatic carbocycles. The Bertz CT molecular complexity index is 4700. The third-order valence-electron chi connectivity index (χ3n) is 20.3. The molecule has 0 saturated carbocycles. The standard InChI is InChI=1S/C22H25ClN2O2.C21H21ClF3N3O.2C18H20N4/c1-22(26,15-4-7-17(27-3)8-5-15)14-25-20-9-6-16(23)12-18(20)19-13-24(2)11-10-21(19)25;1-20(29,13-3-6-19(26-10-13)21(23,24)25)12-28-17-5-4-14(22)9-15(17)16-11-27(2)8-7-18(16)28;1-21-10-6-17-16(13-21)15-4-9-20-12-18(15)22(17)11-5-14-2-7-19-8-3-14;1-21-11-8-16-15(13-21)18-17(6-4-10-20-18)22(16)12-7-14-5-2-3-9-19-14/h4-9,12,26H,10-11,13-14H2,1-3H3;3-6,9-10,29H,7-8,11-12H2,1-2H3;2-4,7-9,12H,5-6,10-11,13H2,1H3;2-6,9-10H,7-8,11-13H2,1H3. The minimum absolute atomic E-state index is 0.206. The van der Waals surface area contributed by atoms with Gasteiger partial charge in [0.25, 0.3) is 0 Å². The van der Waals surface area contributed by atoms with Crippen LogP contribution in [0.3, 0.4) is 0 Å². The number of halogens is 5. The van der Waals surface area contributed by atoms with Crippen LogP contribution in [0.4, 0.5) is 13.2 Å². The number of methoxy groups -OCH3 is 1. The van der Waals surface area contributed by atoms with E-state index in [4.69, 9.17) is 27.9 Å². The van der Waals surface area contributed by atoms with Crippen LogP contribution in [0.2, 0.25) is 10.0 Å². The number of ether oxygens (including phenoxy) is 1. The molecule has 4 aliphatic heterocycles. The highest BCUT2D eigenvalue weighted by atomic mass is 35.5. The molecule has 12 aromatic rings. The van der Waals surface area contributed by atoms with Gasteiger partial charge in [0.15, 0.2) is 0 Å². The average Bonchev–Trinajstić information content (AvgIpc) is 1.63. The summed E-state index contributed by atoms with van der Waals surface area (Å²) in [5.41, 5.74) is 16.9. The van der Waals surface area contributed by atoms with Crippen LogP contribution in [0.5, 0.6) is 5.75 Å². The summed E-state index contributed by atoms with van der Waals surface area (Å²) in [6.07, 6.45) is 14.0. The number of hydrogen-bond donors (Lipinski definition) is 2. The van der Waals surface area contributed by atoms with Crippen molar-refractivity contribution in [3.8, 4) is 5.75 Å². The summed E-state index contributed by atoms with van der Waals surface area (Å²) in [5.74, 6) is 0.788. The molecule has 9 aromatic heterocycles. The van der Waals surface area contributed by atoms with E-state index in [1.54, 1.807) is 14.0 Å². The van der Waals surface area contributed by atoms with Crippen molar-refractivity contribution in [2.75, 3.05) is 61.5 Å². The molecule has 520 valence electrons. The van der Waals surface area contributed by atoms with Crippen LogP contribution in [0.15, 0.2) is 165 Å². The molecule has 0 amide bonds. The Morgan fingerprint density at radius 1 is 0.470 bits per heavy atom. The molecular weight excluding hydrogens is 1310 g/mol. The number of nitrogens with zero attached hydrogens (tertiary/aromatic N) is 13. The Morgan fingerprint density at radius 3 is 1.53 bits per heavy atom. The van der Waals surface area contributed by atoms with Crippen molar-refractivity contribution in [3.05, 3.63) is 248 Å². The summed E-state index contributed by atoms with van der Waals surface area (Å²) in [4.78, 5) is 30.4. The summed E-state index contributed by atoms with van der Waals surface area (Å²) >= 11 is 12.5. The normalized spacial score (nSPS) is 16.3. The molecule has 0 saturated heterocycles. The number of fused-ring (bicyclic) bond motifs is 12. The first-order valence-corrected chi connectivity index (χ1v) is 35.0. The second-order valence-corrected chi connectivity index (χ2v) is 28.5. The highest BCUT2D eigenvalue weighted by Crippen LogP contribution is 2.39. The molecule has 2 N–H and O–H groups in total. The number of hydrogen-bond acceptors (Lipinski definition) is 12. The number of rotatable bonds is 13. The van der Waals surface area contributed by atoms with E-state index < -0.39 is 23.1 Å². The quantitative estimate of drug-likeness (QED) is 0.113. The maximum atomic E-state index is 12.8. The van der Waals surface area contributed by atoms with E-state index in [-0.39, 0.29) is 6.54 Å². The molecule has 16 nitrogen and oxygen atoms in total. The Kier molecular flexibility index (Phi) is 20.7. The number of pyridine rings is 5. The SMILES string of the molecule is CN1CCc2c(c3cc(Cl)ccc3n2CC(C)(O)c2ccc(C(F)(F)F)nc2)C1.CN1CCc2c(c3ccncc3n2CCc2ccncc2)C1.CN1CCc2c(c3ncccc3n2CCc2ccccn2)C1.COc1ccc(C(C)(O)Cn2c3c(c4cc(Cl)ccc42)CN(C)CC3)cc1. The average molecular weight is 1390 g/mol. The van der Waals surface area contributed by atoms with Gasteiger partial charge in [-0.25, -0.2) is 0 Å². The van der Waals surface area contributed by atoms with Gasteiger partial charge in [-0.2, -0.15) is 13.2 Å². The van der Waals surface area contributed by atoms with Crippen molar-refractivity contribution in [2.24, 2.45) is 0 Å². The molecule has 2 unspecified atom stereocenters. The molecule has 0 spiro atoms. The van der Waals surface area contributed by atoms with Crippen LogP contribution in [-0.2, 0) is 108 Å². The molecule has 0 fully saturated rings. The van der Waals surface area contributed by atoms with E-state index >= 15 is 0 Å². The van der Waals surface area contributed by atoms with Gasteiger partial charge in [-0.15, -0.1) is 0 Å². The van der Waals surface area contributed by atoms with Crippen molar-refractivity contribution < 1.29 is 28.1 Å². The van der Waals surface area contributed by atoms with Crippen molar-refractivity contribution in [1.82, 2.24) is 62.8 Å². The molecule has 3 aromatic carbocycles. The lowest BCUT2D eigenvalue weighted by atomic mass is 9.95. The second kappa shape index (κ2) is 29.6. The fourth-order valence-electron chi connectivity index (χ4n) is 15.0. The lowest BCUT2D eigenvalue weighted by molar-refractivity contribution is -0.141. The van der Waals surface area contributed by atoms with E-state index in [9.17, 15) is 23.4 Å². The van der Waals surface area contributed by atoms with Crippen molar-refractivity contribution >= 4 is 66.9 Å². The molecule has 21 heteroatoms. The Hall–Kier alpha value is -8.50. The van der Waals surface area contributed by atoms with E-state index in [1.807, 2.05) is 111 Å². The number of aromatic nitrogens is 9. The molecule has 16 rings (SSSR count). The van der Waals surface area contributed by atoms with E-state index in [1.165, 1.54) is 78.3 Å². The van der Waals surface area contributed by atoms with Gasteiger partial charge in [-0.05, 0) is 173 Å². The van der Waals surface area contributed by atoms with Crippen LogP contribution in [0.25, 0.3) is 43.7 Å². The minimum atomic E-state index is -4.51. The third-order valence-corrected chi connectivity index (χ3v) is 20.7. The zero-order valence-electron chi connectivity index (χ0n) is 57.8. The third kappa shape index (κ3) is 15.1. The largest absolute Gasteiger partial charge is 0.497 e. The maximum Gasteiger partial charge on any atom is 0.433 e. The molecule has 13 heterocycles. The highest BCUT2D eigenvalue weighted by molar-refractivity contribution is 6.31. The monoisotopic (exact) mass is 1390 g/mol. The summed E-state index contributed by atoms with van der Waals surface area (Å²) < 4.78 is 52.9. The van der Waals surface area contributed by atoms with Gasteiger partial charge in [0.2, 0.25) is 0 Å². The lowest BCUT2D eigenvalue weighted by Gasteiger charge is -2.29. The van der Waals surface area contributed by atoms with Gasteiger partial charge in [0.1, 0.15) is 22.6 Å². The van der Waals surface area contributed by atoms with Crippen LogP contribution < -0.4 is 4.74 Å². The van der Waals surface area contributed by atoms with Crippen molar-refractivity contribution in [1.29, 1.82) is 0 Å². The molecule has 0 radical (unpaired) electrons. The summed E-state index contributed by atoms with van der Waals surface area (Å²) in [6, 6.07) is 38.3. The molecule has 2 atom stereocenters. The van der Waals surface area contributed by atoms with E-state index in [0.29, 0.717) is 17.1 Å². The van der Waals surface area contributed by atoms with Gasteiger partial charge < -0.3 is 52.8 Å². The number of benzene rings is 3. The predicted molar refractivity (Wildman–Crippen MR) is 391 cm³/mol. The molecule has 100 heavy (non-hydrogen) atoms. The topological polar surface area (TPSA) is 147 Å². The first-order valence-electron chi connectivity index (χ1n) is 34.2. The second-order valence-electron chi connectivity index (χ2n) is 27.6. The van der Waals surface area contributed by atoms with Crippen LogP contribution in [0, 0.1) is 0 Å². The van der Waals surface area contributed by atoms with Crippen molar-refractivity contribution in [3.63, 3.8) is 0 Å². The van der Waals surface area contributed by atoms with Crippen LogP contribution in [-0.4, -0.2) is 134 Å². The van der Waals surface area contributed by atoms with Crippen LogP contribution in [0.1, 0.15) is 87.0 Å². The summed E-state index contributed by atoms with van der Waals surface area (Å²) in [6.45, 7) is 14.0. The first-order chi connectivity index (χ1) is 48.1. The molecular formula is C79H86Cl2F3N13O3. The minimum Gasteiger partial charge on any atom is -0.497 e. The molecule has 4 aliphatic rings. The number of aliphatic hydroxyl groups is 2. The van der Waals surface area contributed by atoms with Gasteiger partial charge in [-0.3, -0.25) is 24.9 Å². The fraction of sp³-hybridized carbons (Fsp3) is 0.354. The number of likely N-dealkylation sites (N-methyl/N-ethyl adjacent to an activating group) is 4. The zero-order valence-corrected chi connectivity index (χ0v) is 59.3. The fourth-order valence-corrected chi connectivity index (χ4v) is 15.3. The Balaban J connectivity index is 0.000000120. The van der Waals surface area contributed by atoms with Gasteiger partial charge in [0.05, 0.1) is 42.9 Å². The molecule has 0 bridgehead atoms. The van der Waals surface area contributed by atoms with Gasteiger partial charge >= 0.3 is 6.18 Å². The lowest BCUT2D eigenvalue weighted by Crippen LogP contribution is -2.31. The number of alkyl halides is 3. The Morgan fingerprint density at radius 2 is 0.980 bits per heavy atom. The first kappa shape index (κ1) is 70.0. The predicted octanol–water partition coefficient (Wildman–Crippen LogP) is 14.1. The van der Waals surface area contributed by atoms with Crippen molar-refractivity contribution in [2.45, 2.75) is 122 Å². The van der Waals surface area contributed by atoms with E-state index in [0.717, 1.165) is 160 Å². The highest BCUT2D eigenvalue weighted by Gasteiger charge is 2.35. The van der Waals surface area contributed by atoms with Gasteiger partial charge in [0, 0.05) is 212 Å². The summed E-state index contributed by atoms with van der Waals surface area (Å²) in [7, 11) is 10.2. The van der Waals surface area contributed by atoms with Gasteiger partial charge in [-0.1, -0.05) is 47.5 Å². The Labute approximate surface area is 591 Å². The summed E-state index contributed by atoms with van der Waals surface area (Å²) in [5, 5.41) is 27.4. The number of aryl methyl sites for hydroxylation is 4. The maximum absolute atomic E-state index is 12.8.